The summed E-state index contributed by atoms with van der Waals surface area (Å²) in [6.45, 7) is 1.39. The van der Waals surface area contributed by atoms with Crippen molar-refractivity contribution in [2.24, 2.45) is 0 Å². The van der Waals surface area contributed by atoms with Gasteiger partial charge in [-0.2, -0.15) is 0 Å². The first-order valence-corrected chi connectivity index (χ1v) is 8.15. The predicted octanol–water partition coefficient (Wildman–Crippen LogP) is 3.10. The average Bonchev–Trinajstić information content (AvgIpc) is 3.14. The van der Waals surface area contributed by atoms with Gasteiger partial charge < -0.3 is 14.0 Å². The molecule has 0 radical (unpaired) electrons. The van der Waals surface area contributed by atoms with Gasteiger partial charge in [0.1, 0.15) is 12.7 Å². The van der Waals surface area contributed by atoms with Crippen molar-refractivity contribution in [3.05, 3.63) is 72.6 Å². The van der Waals surface area contributed by atoms with Gasteiger partial charge in [-0.3, -0.25) is 4.98 Å². The molecular formula is C19H19N3O2. The molecule has 1 atom stereocenters. The Labute approximate surface area is 140 Å². The average molecular weight is 321 g/mol. The summed E-state index contributed by atoms with van der Waals surface area (Å²) in [7, 11) is 0. The highest BCUT2D eigenvalue weighted by atomic mass is 16.6. The number of imidazole rings is 1. The number of rotatable bonds is 5. The number of nitrogens with zero attached hydrogens (tertiary/aromatic N) is 3. The molecule has 3 aromatic rings. The summed E-state index contributed by atoms with van der Waals surface area (Å²) in [4.78, 5) is 8.61. The lowest BCUT2D eigenvalue weighted by Crippen LogP contribution is -2.29. The minimum atomic E-state index is 0.0762. The Morgan fingerprint density at radius 1 is 1.12 bits per heavy atom. The maximum absolute atomic E-state index is 5.98. The van der Waals surface area contributed by atoms with Crippen LogP contribution in [0.15, 0.2) is 61.3 Å². The third kappa shape index (κ3) is 3.40. The maximum Gasteiger partial charge on any atom is 0.161 e. The van der Waals surface area contributed by atoms with Gasteiger partial charge in [-0.1, -0.05) is 18.2 Å². The Hall–Kier alpha value is -2.82. The first-order valence-electron chi connectivity index (χ1n) is 8.15. The van der Waals surface area contributed by atoms with Gasteiger partial charge in [0, 0.05) is 30.8 Å². The van der Waals surface area contributed by atoms with Gasteiger partial charge in [0.15, 0.2) is 11.5 Å². The van der Waals surface area contributed by atoms with E-state index < -0.39 is 0 Å². The molecule has 0 amide bonds. The van der Waals surface area contributed by atoms with Crippen molar-refractivity contribution >= 4 is 0 Å². The number of hydrogen-bond acceptors (Lipinski definition) is 4. The molecule has 0 saturated carbocycles. The smallest absolute Gasteiger partial charge is 0.161 e. The lowest BCUT2D eigenvalue weighted by atomic mass is 10.1. The summed E-state index contributed by atoms with van der Waals surface area (Å²) >= 11 is 0. The van der Waals surface area contributed by atoms with Crippen molar-refractivity contribution in [1.29, 1.82) is 0 Å². The molecule has 5 nitrogen and oxygen atoms in total. The fourth-order valence-electron chi connectivity index (χ4n) is 2.80. The van der Waals surface area contributed by atoms with Gasteiger partial charge in [0.2, 0.25) is 0 Å². The zero-order valence-electron chi connectivity index (χ0n) is 13.3. The third-order valence-corrected chi connectivity index (χ3v) is 4.10. The molecule has 3 heterocycles. The highest BCUT2D eigenvalue weighted by Gasteiger charge is 2.20. The van der Waals surface area contributed by atoms with Crippen LogP contribution in [0, 0.1) is 0 Å². The maximum atomic E-state index is 5.98. The van der Waals surface area contributed by atoms with E-state index in [2.05, 4.69) is 22.1 Å². The number of pyridine rings is 1. The van der Waals surface area contributed by atoms with E-state index in [9.17, 15) is 0 Å². The quantitative estimate of drug-likeness (QED) is 0.724. The summed E-state index contributed by atoms with van der Waals surface area (Å²) in [6.07, 6.45) is 9.32. The van der Waals surface area contributed by atoms with E-state index in [1.807, 2.05) is 47.6 Å². The monoisotopic (exact) mass is 321 g/mol. The fraction of sp³-hybridized carbons (Fsp3) is 0.263. The summed E-state index contributed by atoms with van der Waals surface area (Å²) in [5.74, 6) is 1.66. The lowest BCUT2D eigenvalue weighted by molar-refractivity contribution is 0.0849. The molecule has 1 unspecified atom stereocenters. The Balaban J connectivity index is 1.32. The number of ether oxygens (including phenoxy) is 2. The van der Waals surface area contributed by atoms with Crippen LogP contribution in [0.3, 0.4) is 0 Å². The van der Waals surface area contributed by atoms with Gasteiger partial charge in [-0.25, -0.2) is 4.98 Å². The van der Waals surface area contributed by atoms with Gasteiger partial charge >= 0.3 is 0 Å². The van der Waals surface area contributed by atoms with Crippen molar-refractivity contribution in [3.8, 4) is 11.5 Å². The van der Waals surface area contributed by atoms with E-state index >= 15 is 0 Å². The second kappa shape index (κ2) is 6.74. The van der Waals surface area contributed by atoms with Crippen LogP contribution in [0.1, 0.15) is 17.7 Å². The summed E-state index contributed by atoms with van der Waals surface area (Å²) in [6, 6.07) is 12.0. The number of para-hydroxylation sites is 2. The van der Waals surface area contributed by atoms with Gasteiger partial charge in [-0.15, -0.1) is 0 Å². The molecule has 1 aromatic carbocycles. The molecule has 4 rings (SSSR count). The van der Waals surface area contributed by atoms with Gasteiger partial charge in [0.05, 0.1) is 6.33 Å². The molecule has 1 aliphatic heterocycles. The first kappa shape index (κ1) is 14.8. The molecule has 122 valence electrons. The molecule has 2 aromatic heterocycles. The second-order valence-corrected chi connectivity index (χ2v) is 5.93. The summed E-state index contributed by atoms with van der Waals surface area (Å²) < 4.78 is 13.8. The standard InChI is InChI=1S/C19H19N3O2/c1-2-4-19-18(3-1)23-13-17(24-19)8-7-16-6-5-15(11-21-16)12-22-10-9-20-14-22/h1-6,9-11,14,17H,7-8,12-13H2. The highest BCUT2D eigenvalue weighted by molar-refractivity contribution is 5.40. The van der Waals surface area contributed by atoms with Crippen LogP contribution in [0.2, 0.25) is 0 Å². The van der Waals surface area contributed by atoms with Crippen molar-refractivity contribution in [2.75, 3.05) is 6.61 Å². The Morgan fingerprint density at radius 2 is 2.04 bits per heavy atom. The van der Waals surface area contributed by atoms with Crippen LogP contribution in [0.4, 0.5) is 0 Å². The number of benzene rings is 1. The van der Waals surface area contributed by atoms with Crippen LogP contribution >= 0.6 is 0 Å². The Bertz CT molecular complexity index is 785. The SMILES string of the molecule is c1ccc2c(c1)OCC(CCc1ccc(Cn3ccnc3)cn1)O2. The summed E-state index contributed by atoms with van der Waals surface area (Å²) in [5, 5.41) is 0. The van der Waals surface area contributed by atoms with Crippen LogP contribution in [0.25, 0.3) is 0 Å². The van der Waals surface area contributed by atoms with Crippen molar-refractivity contribution in [3.63, 3.8) is 0 Å². The van der Waals surface area contributed by atoms with E-state index in [1.165, 1.54) is 5.56 Å². The second-order valence-electron chi connectivity index (χ2n) is 5.93. The molecular weight excluding hydrogens is 302 g/mol. The van der Waals surface area contributed by atoms with E-state index in [0.717, 1.165) is 36.6 Å². The molecule has 0 spiro atoms. The normalized spacial score (nSPS) is 16.1. The molecule has 0 saturated heterocycles. The molecule has 0 bridgehead atoms. The van der Waals surface area contributed by atoms with Gasteiger partial charge in [0.25, 0.3) is 0 Å². The molecule has 0 aliphatic carbocycles. The highest BCUT2D eigenvalue weighted by Crippen LogP contribution is 2.31. The first-order chi connectivity index (χ1) is 11.9. The van der Waals surface area contributed by atoms with E-state index in [-0.39, 0.29) is 6.10 Å². The van der Waals surface area contributed by atoms with E-state index in [0.29, 0.717) is 6.61 Å². The fourth-order valence-corrected chi connectivity index (χ4v) is 2.80. The van der Waals surface area contributed by atoms with Crippen LogP contribution in [0.5, 0.6) is 11.5 Å². The largest absolute Gasteiger partial charge is 0.486 e. The number of aromatic nitrogens is 3. The third-order valence-electron chi connectivity index (χ3n) is 4.10. The Kier molecular flexibility index (Phi) is 4.14. The van der Waals surface area contributed by atoms with Gasteiger partial charge in [-0.05, 0) is 36.6 Å². The molecule has 5 heteroatoms. The van der Waals surface area contributed by atoms with Crippen LogP contribution < -0.4 is 9.47 Å². The lowest BCUT2D eigenvalue weighted by Gasteiger charge is -2.26. The van der Waals surface area contributed by atoms with Crippen molar-refractivity contribution in [1.82, 2.24) is 14.5 Å². The predicted molar refractivity (Wildman–Crippen MR) is 90.2 cm³/mol. The van der Waals surface area contributed by atoms with Crippen molar-refractivity contribution < 1.29 is 9.47 Å². The topological polar surface area (TPSA) is 49.2 Å². The molecule has 1 aliphatic rings. The number of hydrogen-bond donors (Lipinski definition) is 0. The van der Waals surface area contributed by atoms with Crippen LogP contribution in [-0.4, -0.2) is 27.2 Å². The van der Waals surface area contributed by atoms with Crippen molar-refractivity contribution in [2.45, 2.75) is 25.5 Å². The minimum Gasteiger partial charge on any atom is -0.486 e. The molecule has 0 N–H and O–H groups in total. The number of aryl methyl sites for hydroxylation is 1. The van der Waals surface area contributed by atoms with E-state index in [1.54, 1.807) is 6.20 Å². The molecule has 24 heavy (non-hydrogen) atoms. The minimum absolute atomic E-state index is 0.0762. The number of fused-ring (bicyclic) bond motifs is 1. The zero-order valence-corrected chi connectivity index (χ0v) is 13.3. The van der Waals surface area contributed by atoms with Crippen LogP contribution in [-0.2, 0) is 13.0 Å². The summed E-state index contributed by atoms with van der Waals surface area (Å²) in [5.41, 5.74) is 2.25. The Morgan fingerprint density at radius 3 is 2.83 bits per heavy atom. The molecule has 0 fully saturated rings. The zero-order chi connectivity index (χ0) is 16.2. The van der Waals surface area contributed by atoms with E-state index in [4.69, 9.17) is 9.47 Å².